The molecule has 1 heterocycles. The van der Waals surface area contributed by atoms with E-state index in [1.165, 1.54) is 12.8 Å². The Labute approximate surface area is 103 Å². The van der Waals surface area contributed by atoms with Crippen LogP contribution in [0.1, 0.15) is 37.1 Å². The predicted molar refractivity (Wildman–Crippen MR) is 68.0 cm³/mol. The Balaban J connectivity index is 1.65. The lowest BCUT2D eigenvalue weighted by Gasteiger charge is -2.19. The molecule has 1 N–H and O–H groups in total. The van der Waals surface area contributed by atoms with Crippen LogP contribution in [0, 0.1) is 13.8 Å². The van der Waals surface area contributed by atoms with E-state index in [0.717, 1.165) is 49.6 Å². The van der Waals surface area contributed by atoms with Gasteiger partial charge in [-0.15, -0.1) is 0 Å². The van der Waals surface area contributed by atoms with Gasteiger partial charge in [-0.3, -0.25) is 4.90 Å². The van der Waals surface area contributed by atoms with Gasteiger partial charge in [0.2, 0.25) is 5.89 Å². The minimum atomic E-state index is 0.733. The van der Waals surface area contributed by atoms with Gasteiger partial charge < -0.3 is 9.73 Å². The van der Waals surface area contributed by atoms with Gasteiger partial charge in [0, 0.05) is 19.1 Å². The van der Waals surface area contributed by atoms with Crippen LogP contribution in [0.2, 0.25) is 0 Å². The number of aromatic nitrogens is 1. The lowest BCUT2D eigenvalue weighted by molar-refractivity contribution is 0.275. The van der Waals surface area contributed by atoms with Crippen LogP contribution in [-0.4, -0.2) is 35.6 Å². The summed E-state index contributed by atoms with van der Waals surface area (Å²) in [5.41, 5.74) is 0.995. The fourth-order valence-corrected chi connectivity index (χ4v) is 2.07. The first-order valence-corrected chi connectivity index (χ1v) is 6.58. The van der Waals surface area contributed by atoms with E-state index < -0.39 is 0 Å². The molecular weight excluding hydrogens is 214 g/mol. The van der Waals surface area contributed by atoms with Gasteiger partial charge in [-0.2, -0.15) is 0 Å². The molecule has 0 unspecified atom stereocenters. The molecule has 0 bridgehead atoms. The second-order valence-corrected chi connectivity index (χ2v) is 4.79. The molecule has 1 aromatic rings. The van der Waals surface area contributed by atoms with Crippen molar-refractivity contribution in [2.75, 3.05) is 19.6 Å². The number of rotatable bonds is 7. The molecule has 1 aromatic heterocycles. The zero-order valence-corrected chi connectivity index (χ0v) is 11.1. The highest BCUT2D eigenvalue weighted by atomic mass is 16.4. The Morgan fingerprint density at radius 2 is 2.18 bits per heavy atom. The molecule has 1 saturated carbocycles. The Hall–Kier alpha value is -0.870. The summed E-state index contributed by atoms with van der Waals surface area (Å²) in [5, 5.41) is 3.39. The van der Waals surface area contributed by atoms with Crippen molar-refractivity contribution in [3.05, 3.63) is 17.3 Å². The molecule has 0 atom stereocenters. The van der Waals surface area contributed by atoms with Crippen molar-refractivity contribution in [3.63, 3.8) is 0 Å². The first-order chi connectivity index (χ1) is 8.20. The summed E-state index contributed by atoms with van der Waals surface area (Å²) in [6.45, 7) is 10.2. The van der Waals surface area contributed by atoms with Crippen molar-refractivity contribution in [1.29, 1.82) is 0 Å². The number of hydrogen-bond acceptors (Lipinski definition) is 4. The minimum Gasteiger partial charge on any atom is -0.444 e. The van der Waals surface area contributed by atoms with Crippen LogP contribution in [0.25, 0.3) is 0 Å². The van der Waals surface area contributed by atoms with E-state index in [1.807, 2.05) is 13.8 Å². The van der Waals surface area contributed by atoms with Crippen molar-refractivity contribution in [2.24, 2.45) is 0 Å². The van der Waals surface area contributed by atoms with E-state index in [9.17, 15) is 0 Å². The van der Waals surface area contributed by atoms with Gasteiger partial charge in [0.1, 0.15) is 5.76 Å². The van der Waals surface area contributed by atoms with Gasteiger partial charge in [-0.05, 0) is 33.2 Å². The monoisotopic (exact) mass is 237 g/mol. The van der Waals surface area contributed by atoms with E-state index in [4.69, 9.17) is 4.42 Å². The summed E-state index contributed by atoms with van der Waals surface area (Å²) in [4.78, 5) is 6.89. The summed E-state index contributed by atoms with van der Waals surface area (Å²) >= 11 is 0. The van der Waals surface area contributed by atoms with Crippen molar-refractivity contribution in [2.45, 2.75) is 46.2 Å². The summed E-state index contributed by atoms with van der Waals surface area (Å²) in [7, 11) is 0. The highest BCUT2D eigenvalue weighted by Crippen LogP contribution is 2.25. The molecule has 1 fully saturated rings. The highest BCUT2D eigenvalue weighted by Gasteiger charge is 2.26. The molecule has 2 rings (SSSR count). The third-order valence-electron chi connectivity index (χ3n) is 3.39. The van der Waals surface area contributed by atoms with Crippen LogP contribution in [0.5, 0.6) is 0 Å². The standard InChI is InChI=1S/C13H23N3O/c1-4-16(12-5-6-12)8-7-14-9-13-15-10(2)11(3)17-13/h12,14H,4-9H2,1-3H3. The first kappa shape index (κ1) is 12.6. The largest absolute Gasteiger partial charge is 0.444 e. The first-order valence-electron chi connectivity index (χ1n) is 6.58. The third kappa shape index (κ3) is 3.54. The molecule has 0 aromatic carbocycles. The fraction of sp³-hybridized carbons (Fsp3) is 0.769. The van der Waals surface area contributed by atoms with Crippen LogP contribution in [0.15, 0.2) is 4.42 Å². The maximum absolute atomic E-state index is 5.52. The predicted octanol–water partition coefficient (Wildman–Crippen LogP) is 1.87. The quantitative estimate of drug-likeness (QED) is 0.735. The minimum absolute atomic E-state index is 0.733. The van der Waals surface area contributed by atoms with Crippen LogP contribution < -0.4 is 5.32 Å². The van der Waals surface area contributed by atoms with Gasteiger partial charge in [0.25, 0.3) is 0 Å². The van der Waals surface area contributed by atoms with Gasteiger partial charge in [0.05, 0.1) is 12.2 Å². The summed E-state index contributed by atoms with van der Waals surface area (Å²) in [6, 6.07) is 0.855. The van der Waals surface area contributed by atoms with Crippen molar-refractivity contribution < 1.29 is 4.42 Å². The van der Waals surface area contributed by atoms with E-state index in [1.54, 1.807) is 0 Å². The topological polar surface area (TPSA) is 41.3 Å². The van der Waals surface area contributed by atoms with Gasteiger partial charge in [-0.25, -0.2) is 4.98 Å². The number of aryl methyl sites for hydroxylation is 2. The fourth-order valence-electron chi connectivity index (χ4n) is 2.07. The number of likely N-dealkylation sites (N-methyl/N-ethyl adjacent to an activating group) is 1. The summed E-state index contributed by atoms with van der Waals surface area (Å²) in [6.07, 6.45) is 2.76. The van der Waals surface area contributed by atoms with Crippen molar-refractivity contribution in [3.8, 4) is 0 Å². The van der Waals surface area contributed by atoms with E-state index in [0.29, 0.717) is 0 Å². The smallest absolute Gasteiger partial charge is 0.208 e. The Morgan fingerprint density at radius 3 is 2.71 bits per heavy atom. The molecule has 4 nitrogen and oxygen atoms in total. The Bertz CT molecular complexity index is 338. The molecule has 17 heavy (non-hydrogen) atoms. The second kappa shape index (κ2) is 5.65. The summed E-state index contributed by atoms with van der Waals surface area (Å²) < 4.78 is 5.52. The molecule has 1 aliphatic carbocycles. The van der Waals surface area contributed by atoms with Crippen LogP contribution in [0.3, 0.4) is 0 Å². The number of hydrogen-bond donors (Lipinski definition) is 1. The molecule has 4 heteroatoms. The van der Waals surface area contributed by atoms with Crippen LogP contribution in [0.4, 0.5) is 0 Å². The molecular formula is C13H23N3O. The Morgan fingerprint density at radius 1 is 1.41 bits per heavy atom. The maximum atomic E-state index is 5.52. The molecule has 0 saturated heterocycles. The second-order valence-electron chi connectivity index (χ2n) is 4.79. The van der Waals surface area contributed by atoms with Crippen molar-refractivity contribution in [1.82, 2.24) is 15.2 Å². The van der Waals surface area contributed by atoms with Gasteiger partial charge >= 0.3 is 0 Å². The summed E-state index contributed by atoms with van der Waals surface area (Å²) in [5.74, 6) is 1.73. The number of oxazole rings is 1. The zero-order chi connectivity index (χ0) is 12.3. The van der Waals surface area contributed by atoms with E-state index in [-0.39, 0.29) is 0 Å². The molecule has 0 aliphatic heterocycles. The third-order valence-corrected chi connectivity index (χ3v) is 3.39. The average molecular weight is 237 g/mol. The van der Waals surface area contributed by atoms with E-state index >= 15 is 0 Å². The van der Waals surface area contributed by atoms with Crippen LogP contribution in [-0.2, 0) is 6.54 Å². The van der Waals surface area contributed by atoms with Gasteiger partial charge in [0.15, 0.2) is 0 Å². The maximum Gasteiger partial charge on any atom is 0.208 e. The normalized spacial score (nSPS) is 15.8. The van der Waals surface area contributed by atoms with E-state index in [2.05, 4.69) is 22.1 Å². The lowest BCUT2D eigenvalue weighted by Crippen LogP contribution is -2.33. The zero-order valence-electron chi connectivity index (χ0n) is 11.1. The molecule has 96 valence electrons. The molecule has 1 aliphatic rings. The SMILES string of the molecule is CCN(CCNCc1nc(C)c(C)o1)C1CC1. The number of nitrogens with zero attached hydrogens (tertiary/aromatic N) is 2. The lowest BCUT2D eigenvalue weighted by atomic mass is 10.4. The highest BCUT2D eigenvalue weighted by molar-refractivity contribution is 5.05. The molecule has 0 amide bonds. The molecule has 0 spiro atoms. The van der Waals surface area contributed by atoms with Crippen LogP contribution >= 0.6 is 0 Å². The Kier molecular flexibility index (Phi) is 4.18. The molecule has 0 radical (unpaired) electrons. The number of nitrogens with one attached hydrogen (secondary N) is 1. The van der Waals surface area contributed by atoms with Crippen molar-refractivity contribution >= 4 is 0 Å². The average Bonchev–Trinajstić information content (AvgIpc) is 3.08. The van der Waals surface area contributed by atoms with Gasteiger partial charge in [-0.1, -0.05) is 6.92 Å².